The lowest BCUT2D eigenvalue weighted by Crippen LogP contribution is -2.04. The van der Waals surface area contributed by atoms with Crippen molar-refractivity contribution in [1.29, 1.82) is 0 Å². The third-order valence-corrected chi connectivity index (χ3v) is 6.23. The fourth-order valence-corrected chi connectivity index (χ4v) is 4.18. The molecular weight excluding hydrogens is 402 g/mol. The Hall–Kier alpha value is -3.65. The molecule has 30 heavy (non-hydrogen) atoms. The van der Waals surface area contributed by atoms with Crippen LogP contribution in [-0.4, -0.2) is 37.6 Å². The zero-order valence-corrected chi connectivity index (χ0v) is 17.2. The Morgan fingerprint density at radius 3 is 1.83 bits per heavy atom. The minimum absolute atomic E-state index is 0.119. The second-order valence-electron chi connectivity index (χ2n) is 6.41. The lowest BCUT2D eigenvalue weighted by Gasteiger charge is -2.06. The van der Waals surface area contributed by atoms with Gasteiger partial charge in [-0.05, 0) is 60.7 Å². The zero-order chi connectivity index (χ0) is 21.1. The molecule has 2 aromatic carbocycles. The SMILES string of the molecule is COc1ccc(-c2nc(S(=O)(=O)c3ccncc3)[nH]c2-c2ccc(OC)cc2)cc1. The van der Waals surface area contributed by atoms with E-state index in [1.54, 1.807) is 26.4 Å². The topological polar surface area (TPSA) is 94.2 Å². The van der Waals surface area contributed by atoms with E-state index in [1.807, 2.05) is 36.4 Å². The molecule has 0 unspecified atom stereocenters. The number of benzene rings is 2. The number of nitrogens with one attached hydrogen (secondary N) is 1. The fourth-order valence-electron chi connectivity index (χ4n) is 3.03. The van der Waals surface area contributed by atoms with E-state index < -0.39 is 9.84 Å². The van der Waals surface area contributed by atoms with Gasteiger partial charge in [-0.15, -0.1) is 0 Å². The summed E-state index contributed by atoms with van der Waals surface area (Å²) in [5, 5.41) is -0.134. The van der Waals surface area contributed by atoms with Crippen LogP contribution < -0.4 is 9.47 Å². The molecule has 0 radical (unpaired) electrons. The number of hydrogen-bond acceptors (Lipinski definition) is 6. The molecule has 7 nitrogen and oxygen atoms in total. The van der Waals surface area contributed by atoms with Gasteiger partial charge in [-0.3, -0.25) is 4.98 Å². The molecule has 0 bridgehead atoms. The van der Waals surface area contributed by atoms with Crippen LogP contribution in [0.4, 0.5) is 0 Å². The van der Waals surface area contributed by atoms with Gasteiger partial charge in [-0.1, -0.05) is 0 Å². The maximum atomic E-state index is 13.1. The zero-order valence-electron chi connectivity index (χ0n) is 16.4. The molecule has 0 aliphatic rings. The summed E-state index contributed by atoms with van der Waals surface area (Å²) in [7, 11) is -0.659. The Morgan fingerprint density at radius 1 is 0.767 bits per heavy atom. The van der Waals surface area contributed by atoms with Crippen molar-refractivity contribution in [3.05, 3.63) is 73.1 Å². The number of sulfone groups is 1. The number of aromatic nitrogens is 3. The van der Waals surface area contributed by atoms with Gasteiger partial charge in [0.2, 0.25) is 15.0 Å². The van der Waals surface area contributed by atoms with Crippen LogP contribution in [0.15, 0.2) is 83.1 Å². The Morgan fingerprint density at radius 2 is 1.30 bits per heavy atom. The number of ether oxygens (including phenoxy) is 2. The minimum Gasteiger partial charge on any atom is -0.497 e. The average molecular weight is 421 g/mol. The number of methoxy groups -OCH3 is 2. The first kappa shape index (κ1) is 19.7. The van der Waals surface area contributed by atoms with Crippen LogP contribution in [0.3, 0.4) is 0 Å². The molecule has 152 valence electrons. The van der Waals surface area contributed by atoms with Gasteiger partial charge in [0, 0.05) is 23.5 Å². The maximum absolute atomic E-state index is 13.1. The van der Waals surface area contributed by atoms with Crippen LogP contribution in [0.5, 0.6) is 11.5 Å². The highest BCUT2D eigenvalue weighted by Gasteiger charge is 2.25. The number of imidazole rings is 1. The van der Waals surface area contributed by atoms with E-state index in [2.05, 4.69) is 15.0 Å². The minimum atomic E-state index is -3.84. The lowest BCUT2D eigenvalue weighted by atomic mass is 10.0. The molecule has 0 spiro atoms. The fraction of sp³-hybridized carbons (Fsp3) is 0.0909. The van der Waals surface area contributed by atoms with Gasteiger partial charge >= 0.3 is 0 Å². The van der Waals surface area contributed by atoms with Gasteiger partial charge in [0.05, 0.1) is 30.5 Å². The van der Waals surface area contributed by atoms with Gasteiger partial charge in [-0.25, -0.2) is 13.4 Å². The largest absolute Gasteiger partial charge is 0.497 e. The summed E-state index contributed by atoms with van der Waals surface area (Å²) in [5.41, 5.74) is 2.66. The van der Waals surface area contributed by atoms with Crippen molar-refractivity contribution in [2.24, 2.45) is 0 Å². The molecule has 4 rings (SSSR count). The molecule has 0 saturated heterocycles. The summed E-state index contributed by atoms with van der Waals surface area (Å²) < 4.78 is 36.6. The third-order valence-electron chi connectivity index (χ3n) is 4.64. The van der Waals surface area contributed by atoms with Gasteiger partial charge in [-0.2, -0.15) is 0 Å². The Kier molecular flexibility index (Phi) is 5.24. The smallest absolute Gasteiger partial charge is 0.240 e. The van der Waals surface area contributed by atoms with Crippen molar-refractivity contribution in [2.75, 3.05) is 14.2 Å². The maximum Gasteiger partial charge on any atom is 0.240 e. The highest BCUT2D eigenvalue weighted by Crippen LogP contribution is 2.34. The predicted molar refractivity (Wildman–Crippen MR) is 112 cm³/mol. The number of pyridine rings is 1. The van der Waals surface area contributed by atoms with Gasteiger partial charge in [0.15, 0.2) is 0 Å². The average Bonchev–Trinajstić information content (AvgIpc) is 3.26. The lowest BCUT2D eigenvalue weighted by molar-refractivity contribution is 0.414. The molecule has 0 aliphatic carbocycles. The normalized spacial score (nSPS) is 11.3. The molecule has 2 heterocycles. The van der Waals surface area contributed by atoms with E-state index in [1.165, 1.54) is 24.5 Å². The highest BCUT2D eigenvalue weighted by molar-refractivity contribution is 7.91. The summed E-state index contributed by atoms with van der Waals surface area (Å²) in [6, 6.07) is 17.5. The quantitative estimate of drug-likeness (QED) is 0.506. The summed E-state index contributed by atoms with van der Waals surface area (Å²) >= 11 is 0. The van der Waals surface area contributed by atoms with Crippen molar-refractivity contribution >= 4 is 9.84 Å². The van der Waals surface area contributed by atoms with Crippen LogP contribution in [0.1, 0.15) is 0 Å². The predicted octanol–water partition coefficient (Wildman–Crippen LogP) is 3.99. The molecular formula is C22H19N3O4S. The molecule has 0 amide bonds. The number of nitrogens with zero attached hydrogens (tertiary/aromatic N) is 2. The standard InChI is InChI=1S/C22H19N3O4S/c1-28-17-7-3-15(4-8-17)20-21(16-5-9-18(29-2)10-6-16)25-22(24-20)30(26,27)19-11-13-23-14-12-19/h3-14H,1-2H3,(H,24,25). The summed E-state index contributed by atoms with van der Waals surface area (Å²) in [6.07, 6.45) is 2.87. The summed E-state index contributed by atoms with van der Waals surface area (Å²) in [5.74, 6) is 1.40. The van der Waals surface area contributed by atoms with Crippen LogP contribution in [0.2, 0.25) is 0 Å². The van der Waals surface area contributed by atoms with Crippen LogP contribution >= 0.6 is 0 Å². The number of rotatable bonds is 6. The second kappa shape index (κ2) is 8.00. The number of aromatic amines is 1. The van der Waals surface area contributed by atoms with E-state index in [0.29, 0.717) is 22.9 Å². The van der Waals surface area contributed by atoms with Crippen molar-refractivity contribution in [2.45, 2.75) is 10.1 Å². The van der Waals surface area contributed by atoms with Crippen LogP contribution in [0.25, 0.3) is 22.5 Å². The first-order valence-corrected chi connectivity index (χ1v) is 10.5. The van der Waals surface area contributed by atoms with E-state index in [-0.39, 0.29) is 10.1 Å². The molecule has 0 aliphatic heterocycles. The van der Waals surface area contributed by atoms with Gasteiger partial charge in [0.25, 0.3) is 0 Å². The Labute approximate surface area is 174 Å². The number of hydrogen-bond donors (Lipinski definition) is 1. The van der Waals surface area contributed by atoms with E-state index >= 15 is 0 Å². The van der Waals surface area contributed by atoms with E-state index in [9.17, 15) is 8.42 Å². The Balaban J connectivity index is 1.88. The van der Waals surface area contributed by atoms with Gasteiger partial charge in [0.1, 0.15) is 11.5 Å². The summed E-state index contributed by atoms with van der Waals surface area (Å²) in [4.78, 5) is 11.5. The molecule has 4 aromatic rings. The van der Waals surface area contributed by atoms with E-state index in [4.69, 9.17) is 9.47 Å². The monoisotopic (exact) mass is 421 g/mol. The molecule has 0 atom stereocenters. The van der Waals surface area contributed by atoms with Gasteiger partial charge < -0.3 is 14.5 Å². The molecule has 0 saturated carbocycles. The third kappa shape index (κ3) is 3.65. The first-order chi connectivity index (χ1) is 14.5. The Bertz CT molecular complexity index is 1190. The molecule has 8 heteroatoms. The number of H-pyrrole nitrogens is 1. The van der Waals surface area contributed by atoms with Crippen molar-refractivity contribution in [3.8, 4) is 34.0 Å². The van der Waals surface area contributed by atoms with Crippen molar-refractivity contribution in [1.82, 2.24) is 15.0 Å². The van der Waals surface area contributed by atoms with E-state index in [0.717, 1.165) is 11.1 Å². The molecule has 0 fully saturated rings. The molecule has 1 N–H and O–H groups in total. The van der Waals surface area contributed by atoms with Crippen molar-refractivity contribution < 1.29 is 17.9 Å². The second-order valence-corrected chi connectivity index (χ2v) is 8.27. The first-order valence-electron chi connectivity index (χ1n) is 9.07. The molecule has 2 aromatic heterocycles. The van der Waals surface area contributed by atoms with Crippen molar-refractivity contribution in [3.63, 3.8) is 0 Å². The summed E-state index contributed by atoms with van der Waals surface area (Å²) in [6.45, 7) is 0. The van der Waals surface area contributed by atoms with Crippen LogP contribution in [-0.2, 0) is 9.84 Å². The highest BCUT2D eigenvalue weighted by atomic mass is 32.2. The van der Waals surface area contributed by atoms with Crippen LogP contribution in [0, 0.1) is 0 Å².